The van der Waals surface area contributed by atoms with Crippen molar-refractivity contribution in [1.82, 2.24) is 5.32 Å². The van der Waals surface area contributed by atoms with E-state index in [0.29, 0.717) is 4.47 Å². The van der Waals surface area contributed by atoms with Gasteiger partial charge in [0.25, 0.3) is 0 Å². The molecule has 0 unspecified atom stereocenters. The highest BCUT2D eigenvalue weighted by Crippen LogP contribution is 2.38. The Morgan fingerprint density at radius 2 is 2.17 bits per heavy atom. The molecule has 1 heterocycles. The number of rotatable bonds is 1. The lowest BCUT2D eigenvalue weighted by Gasteiger charge is -2.32. The average molecular weight is 363 g/mol. The maximum Gasteiger partial charge on any atom is 0.408 e. The molecule has 1 fully saturated rings. The fourth-order valence-electron chi connectivity index (χ4n) is 1.55. The van der Waals surface area contributed by atoms with Gasteiger partial charge in [0.05, 0.1) is 0 Å². The van der Waals surface area contributed by atoms with Gasteiger partial charge in [0, 0.05) is 15.1 Å². The average Bonchev–Trinajstić information content (AvgIpc) is 2.26. The lowest BCUT2D eigenvalue weighted by molar-refractivity contribution is -0.104. The maximum atomic E-state index is 13.6. The van der Waals surface area contributed by atoms with E-state index in [-0.39, 0.29) is 23.0 Å². The van der Waals surface area contributed by atoms with Crippen LogP contribution in [0.4, 0.5) is 13.6 Å². The van der Waals surface area contributed by atoms with E-state index >= 15 is 0 Å². The van der Waals surface area contributed by atoms with Crippen molar-refractivity contribution >= 4 is 46.0 Å². The van der Waals surface area contributed by atoms with Gasteiger partial charge in [0.2, 0.25) is 0 Å². The zero-order valence-electron chi connectivity index (χ0n) is 8.75. The van der Waals surface area contributed by atoms with Crippen LogP contribution in [0.15, 0.2) is 22.7 Å². The number of amides is 1. The predicted octanol–water partition coefficient (Wildman–Crippen LogP) is 3.94. The van der Waals surface area contributed by atoms with E-state index in [1.165, 1.54) is 12.1 Å². The summed E-state index contributed by atoms with van der Waals surface area (Å²) in [6.07, 6.45) is -0.878. The second-order valence-corrected chi connectivity index (χ2v) is 4.90. The van der Waals surface area contributed by atoms with Crippen LogP contribution in [0.3, 0.4) is 0 Å². The topological polar surface area (TPSA) is 38.3 Å². The number of nitrogens with one attached hydrogen (secondary N) is 1. The minimum atomic E-state index is -3.20. The van der Waals surface area contributed by atoms with E-state index in [1.807, 2.05) is 0 Å². The summed E-state index contributed by atoms with van der Waals surface area (Å²) in [6.45, 7) is -0.952. The molecule has 0 bridgehead atoms. The third kappa shape index (κ3) is 3.05. The van der Waals surface area contributed by atoms with E-state index in [1.54, 1.807) is 6.07 Å². The normalized spacial score (nSPS) is 21.6. The molecular weight excluding hydrogens is 355 g/mol. The second kappa shape index (κ2) is 5.59. The SMILES string of the molecule is Cl.O=C1N[C@@H](c2cc(Br)ccc2Cl)C(F)(F)CO1. The second-order valence-electron chi connectivity index (χ2n) is 3.58. The molecule has 0 spiro atoms. The monoisotopic (exact) mass is 361 g/mol. The molecule has 1 aromatic rings. The van der Waals surface area contributed by atoms with Gasteiger partial charge in [-0.15, -0.1) is 12.4 Å². The van der Waals surface area contributed by atoms with Crippen LogP contribution in [-0.2, 0) is 4.74 Å². The predicted molar refractivity (Wildman–Crippen MR) is 68.6 cm³/mol. The number of alkyl halides is 2. The minimum absolute atomic E-state index is 0. The van der Waals surface area contributed by atoms with Gasteiger partial charge in [-0.2, -0.15) is 0 Å². The minimum Gasteiger partial charge on any atom is -0.443 e. The van der Waals surface area contributed by atoms with E-state index < -0.39 is 24.7 Å². The van der Waals surface area contributed by atoms with Crippen molar-refractivity contribution in [2.45, 2.75) is 12.0 Å². The molecule has 1 aliphatic rings. The number of hydrogen-bond acceptors (Lipinski definition) is 2. The summed E-state index contributed by atoms with van der Waals surface area (Å²) in [7, 11) is 0. The summed E-state index contributed by atoms with van der Waals surface area (Å²) >= 11 is 9.03. The number of benzene rings is 1. The van der Waals surface area contributed by atoms with Crippen LogP contribution >= 0.6 is 39.9 Å². The zero-order chi connectivity index (χ0) is 12.6. The first kappa shape index (κ1) is 15.5. The highest BCUT2D eigenvalue weighted by molar-refractivity contribution is 9.10. The molecule has 8 heteroatoms. The Hall–Kier alpha value is -0.590. The van der Waals surface area contributed by atoms with Crippen LogP contribution in [-0.4, -0.2) is 18.6 Å². The number of hydrogen-bond donors (Lipinski definition) is 1. The molecule has 1 saturated heterocycles. The lowest BCUT2D eigenvalue weighted by Crippen LogP contribution is -2.49. The van der Waals surface area contributed by atoms with Crippen molar-refractivity contribution < 1.29 is 18.3 Å². The summed E-state index contributed by atoms with van der Waals surface area (Å²) in [4.78, 5) is 11.0. The molecule has 18 heavy (non-hydrogen) atoms. The zero-order valence-corrected chi connectivity index (χ0v) is 11.9. The number of ether oxygens (including phenoxy) is 1. The van der Waals surface area contributed by atoms with Crippen molar-refractivity contribution in [3.8, 4) is 0 Å². The quantitative estimate of drug-likeness (QED) is 0.821. The van der Waals surface area contributed by atoms with Gasteiger partial charge in [0.15, 0.2) is 6.61 Å². The van der Waals surface area contributed by atoms with Gasteiger partial charge in [0.1, 0.15) is 6.04 Å². The van der Waals surface area contributed by atoms with Crippen molar-refractivity contribution in [2.24, 2.45) is 0 Å². The Bertz CT molecular complexity index is 473. The Morgan fingerprint density at radius 3 is 2.83 bits per heavy atom. The first-order valence-corrected chi connectivity index (χ1v) is 5.83. The van der Waals surface area contributed by atoms with Crippen molar-refractivity contribution in [1.29, 1.82) is 0 Å². The molecule has 1 atom stereocenters. The first-order chi connectivity index (χ1) is 7.90. The van der Waals surface area contributed by atoms with Crippen LogP contribution in [0, 0.1) is 0 Å². The van der Waals surface area contributed by atoms with Gasteiger partial charge >= 0.3 is 12.0 Å². The summed E-state index contributed by atoms with van der Waals surface area (Å²) in [6, 6.07) is 3.09. The van der Waals surface area contributed by atoms with E-state index in [2.05, 4.69) is 26.0 Å². The summed E-state index contributed by atoms with van der Waals surface area (Å²) in [5.41, 5.74) is 0.155. The highest BCUT2D eigenvalue weighted by Gasteiger charge is 2.47. The largest absolute Gasteiger partial charge is 0.443 e. The fraction of sp³-hybridized carbons (Fsp3) is 0.300. The molecule has 1 aromatic carbocycles. The molecule has 100 valence electrons. The van der Waals surface area contributed by atoms with Crippen molar-refractivity contribution in [2.75, 3.05) is 6.61 Å². The summed E-state index contributed by atoms with van der Waals surface area (Å²) in [5.74, 6) is -3.20. The summed E-state index contributed by atoms with van der Waals surface area (Å²) < 4.78 is 32.1. The van der Waals surface area contributed by atoms with E-state index in [0.717, 1.165) is 0 Å². The molecule has 0 aliphatic carbocycles. The van der Waals surface area contributed by atoms with Crippen molar-refractivity contribution in [3.05, 3.63) is 33.3 Å². The summed E-state index contributed by atoms with van der Waals surface area (Å²) in [5, 5.41) is 2.24. The van der Waals surface area contributed by atoms with Gasteiger partial charge < -0.3 is 10.1 Å². The van der Waals surface area contributed by atoms with Gasteiger partial charge in [-0.05, 0) is 18.2 Å². The number of alkyl carbamates (subject to hydrolysis) is 1. The van der Waals surface area contributed by atoms with E-state index in [9.17, 15) is 13.6 Å². The number of halogens is 5. The van der Waals surface area contributed by atoms with Crippen LogP contribution in [0.5, 0.6) is 0 Å². The maximum absolute atomic E-state index is 13.6. The first-order valence-electron chi connectivity index (χ1n) is 4.66. The van der Waals surface area contributed by atoms with Crippen LogP contribution in [0.2, 0.25) is 5.02 Å². The molecule has 3 nitrogen and oxygen atoms in total. The number of carbonyl (C=O) groups excluding carboxylic acids is 1. The van der Waals surface area contributed by atoms with Crippen LogP contribution < -0.4 is 5.32 Å². The highest BCUT2D eigenvalue weighted by atomic mass is 79.9. The van der Waals surface area contributed by atoms with Gasteiger partial charge in [-0.25, -0.2) is 13.6 Å². The molecule has 1 N–H and O–H groups in total. The van der Waals surface area contributed by atoms with E-state index in [4.69, 9.17) is 11.6 Å². The Kier molecular flexibility index (Phi) is 4.80. The van der Waals surface area contributed by atoms with Crippen molar-refractivity contribution in [3.63, 3.8) is 0 Å². The molecule has 0 saturated carbocycles. The number of carbonyl (C=O) groups is 1. The van der Waals surface area contributed by atoms with Crippen LogP contribution in [0.1, 0.15) is 11.6 Å². The Labute approximate surface area is 121 Å². The molecule has 0 aromatic heterocycles. The van der Waals surface area contributed by atoms with Crippen LogP contribution in [0.25, 0.3) is 0 Å². The molecule has 2 rings (SSSR count). The lowest BCUT2D eigenvalue weighted by atomic mass is 10.0. The third-order valence-corrected chi connectivity index (χ3v) is 3.19. The number of cyclic esters (lactones) is 1. The molecule has 1 amide bonds. The molecule has 1 aliphatic heterocycles. The molecule has 0 radical (unpaired) electrons. The Balaban J connectivity index is 0.00000162. The van der Waals surface area contributed by atoms with Gasteiger partial charge in [-0.1, -0.05) is 27.5 Å². The van der Waals surface area contributed by atoms with Gasteiger partial charge in [-0.3, -0.25) is 0 Å². The third-order valence-electron chi connectivity index (χ3n) is 2.35. The molecular formula is C10H8BrCl2F2NO2. The fourth-order valence-corrected chi connectivity index (χ4v) is 2.16. The standard InChI is InChI=1S/C10H7BrClF2NO2.ClH/c11-5-1-2-7(12)6(3-5)8-10(13,14)4-17-9(16)15-8;/h1-3,8H,4H2,(H,15,16);1H/t8-;/m0./s1. The Morgan fingerprint density at radius 1 is 1.50 bits per heavy atom. The smallest absolute Gasteiger partial charge is 0.408 e.